The van der Waals surface area contributed by atoms with Crippen molar-refractivity contribution in [2.45, 2.75) is 33.2 Å². The van der Waals surface area contributed by atoms with E-state index < -0.39 is 5.97 Å². The minimum absolute atomic E-state index is 0.0100. The molecule has 0 bridgehead atoms. The van der Waals surface area contributed by atoms with Crippen molar-refractivity contribution >= 4 is 11.9 Å². The van der Waals surface area contributed by atoms with Crippen LogP contribution in [0.1, 0.15) is 31.2 Å². The van der Waals surface area contributed by atoms with Crippen LogP contribution >= 0.6 is 0 Å². The van der Waals surface area contributed by atoms with Gasteiger partial charge in [0.25, 0.3) is 0 Å². The second-order valence-electron chi connectivity index (χ2n) is 4.45. The zero-order valence-electron chi connectivity index (χ0n) is 10.6. The summed E-state index contributed by atoms with van der Waals surface area (Å²) in [5, 5.41) is 11.3. The lowest BCUT2D eigenvalue weighted by Crippen LogP contribution is -2.25. The quantitative estimate of drug-likeness (QED) is 0.802. The molecule has 18 heavy (non-hydrogen) atoms. The lowest BCUT2D eigenvalue weighted by Gasteiger charge is -2.09. The van der Waals surface area contributed by atoms with Gasteiger partial charge in [-0.3, -0.25) is 14.6 Å². The summed E-state index contributed by atoms with van der Waals surface area (Å²) in [6.07, 6.45) is 0.230. The fourth-order valence-electron chi connectivity index (χ4n) is 1.65. The number of hydrogen-bond donors (Lipinski definition) is 2. The van der Waals surface area contributed by atoms with E-state index in [4.69, 9.17) is 5.11 Å². The van der Waals surface area contributed by atoms with Gasteiger partial charge in [-0.1, -0.05) is 13.0 Å². The predicted molar refractivity (Wildman–Crippen MR) is 66.9 cm³/mol. The number of rotatable bonds is 6. The maximum absolute atomic E-state index is 11.6. The van der Waals surface area contributed by atoms with Gasteiger partial charge in [0.05, 0.1) is 12.2 Å². The van der Waals surface area contributed by atoms with E-state index in [9.17, 15) is 9.59 Å². The fraction of sp³-hybridized carbons (Fsp3) is 0.462. The Bertz CT molecular complexity index is 432. The van der Waals surface area contributed by atoms with Gasteiger partial charge < -0.3 is 10.4 Å². The van der Waals surface area contributed by atoms with Crippen molar-refractivity contribution in [1.29, 1.82) is 0 Å². The lowest BCUT2D eigenvalue weighted by atomic mass is 10.0. The standard InChI is InChI=1S/C13H18N2O3/c1-9(7-13(17)18)6-12(16)14-8-11-5-3-4-10(2)15-11/h3-5,9H,6-8H2,1-2H3,(H,14,16)(H,17,18). The van der Waals surface area contributed by atoms with Crippen molar-refractivity contribution in [2.24, 2.45) is 5.92 Å². The summed E-state index contributed by atoms with van der Waals surface area (Å²) >= 11 is 0. The Morgan fingerprint density at radius 1 is 1.39 bits per heavy atom. The van der Waals surface area contributed by atoms with Crippen LogP contribution in [0, 0.1) is 12.8 Å². The topological polar surface area (TPSA) is 79.3 Å². The molecule has 1 aromatic heterocycles. The van der Waals surface area contributed by atoms with Gasteiger partial charge in [-0.2, -0.15) is 0 Å². The van der Waals surface area contributed by atoms with Crippen LogP contribution in [0.4, 0.5) is 0 Å². The number of amides is 1. The molecule has 0 saturated heterocycles. The lowest BCUT2D eigenvalue weighted by molar-refractivity contribution is -0.138. The first kappa shape index (κ1) is 14.2. The molecule has 0 radical (unpaired) electrons. The zero-order valence-corrected chi connectivity index (χ0v) is 10.6. The van der Waals surface area contributed by atoms with E-state index in [1.165, 1.54) is 0 Å². The number of carboxylic acid groups (broad SMARTS) is 1. The third-order valence-corrected chi connectivity index (χ3v) is 2.47. The number of aromatic nitrogens is 1. The minimum atomic E-state index is -0.879. The Hall–Kier alpha value is -1.91. The molecule has 1 rings (SSSR count). The molecule has 1 atom stereocenters. The first-order chi connectivity index (χ1) is 8.47. The molecular weight excluding hydrogens is 232 g/mol. The Kier molecular flexibility index (Phi) is 5.30. The maximum Gasteiger partial charge on any atom is 0.303 e. The highest BCUT2D eigenvalue weighted by molar-refractivity contribution is 5.77. The van der Waals surface area contributed by atoms with Gasteiger partial charge >= 0.3 is 5.97 Å². The number of carboxylic acids is 1. The number of carbonyl (C=O) groups excluding carboxylic acids is 1. The van der Waals surface area contributed by atoms with Crippen LogP contribution in [0.5, 0.6) is 0 Å². The monoisotopic (exact) mass is 250 g/mol. The summed E-state index contributed by atoms with van der Waals surface area (Å²) in [6, 6.07) is 5.62. The average Bonchev–Trinajstić information content (AvgIpc) is 2.25. The second-order valence-corrected chi connectivity index (χ2v) is 4.45. The van der Waals surface area contributed by atoms with E-state index in [2.05, 4.69) is 10.3 Å². The Balaban J connectivity index is 2.35. The van der Waals surface area contributed by atoms with Crippen molar-refractivity contribution in [1.82, 2.24) is 10.3 Å². The van der Waals surface area contributed by atoms with Gasteiger partial charge in [0, 0.05) is 18.5 Å². The van der Waals surface area contributed by atoms with E-state index in [0.717, 1.165) is 11.4 Å². The van der Waals surface area contributed by atoms with Crippen LogP contribution < -0.4 is 5.32 Å². The van der Waals surface area contributed by atoms with Gasteiger partial charge in [-0.05, 0) is 25.0 Å². The van der Waals surface area contributed by atoms with Crippen molar-refractivity contribution in [3.05, 3.63) is 29.6 Å². The molecule has 1 unspecified atom stereocenters. The van der Waals surface area contributed by atoms with Crippen LogP contribution in [0.15, 0.2) is 18.2 Å². The number of aryl methyl sites for hydroxylation is 1. The van der Waals surface area contributed by atoms with Crippen molar-refractivity contribution in [3.8, 4) is 0 Å². The summed E-state index contributed by atoms with van der Waals surface area (Å²) in [7, 11) is 0. The van der Waals surface area contributed by atoms with E-state index in [-0.39, 0.29) is 24.7 Å². The third-order valence-electron chi connectivity index (χ3n) is 2.47. The molecule has 0 aromatic carbocycles. The summed E-state index contributed by atoms with van der Waals surface area (Å²) < 4.78 is 0. The average molecular weight is 250 g/mol. The number of hydrogen-bond acceptors (Lipinski definition) is 3. The third kappa shape index (κ3) is 5.43. The smallest absolute Gasteiger partial charge is 0.303 e. The van der Waals surface area contributed by atoms with Crippen molar-refractivity contribution in [2.75, 3.05) is 0 Å². The van der Waals surface area contributed by atoms with Crippen molar-refractivity contribution < 1.29 is 14.7 Å². The highest BCUT2D eigenvalue weighted by Gasteiger charge is 2.12. The SMILES string of the molecule is Cc1cccc(CNC(=O)CC(C)CC(=O)O)n1. The molecular formula is C13H18N2O3. The van der Waals surface area contributed by atoms with E-state index in [0.29, 0.717) is 6.54 Å². The molecule has 0 fully saturated rings. The van der Waals surface area contributed by atoms with Crippen LogP contribution in [0.2, 0.25) is 0 Å². The van der Waals surface area contributed by atoms with Gasteiger partial charge in [0.2, 0.25) is 5.91 Å². The van der Waals surface area contributed by atoms with E-state index in [1.54, 1.807) is 6.92 Å². The predicted octanol–water partition coefficient (Wildman–Crippen LogP) is 1.51. The largest absolute Gasteiger partial charge is 0.481 e. The summed E-state index contributed by atoms with van der Waals surface area (Å²) in [5.74, 6) is -1.18. The highest BCUT2D eigenvalue weighted by Crippen LogP contribution is 2.07. The molecule has 5 heteroatoms. The molecule has 1 aromatic rings. The maximum atomic E-state index is 11.6. The molecule has 98 valence electrons. The van der Waals surface area contributed by atoms with Gasteiger partial charge in [0.1, 0.15) is 0 Å². The van der Waals surface area contributed by atoms with Crippen LogP contribution in [-0.2, 0) is 16.1 Å². The first-order valence-electron chi connectivity index (χ1n) is 5.88. The van der Waals surface area contributed by atoms with Gasteiger partial charge in [-0.25, -0.2) is 0 Å². The van der Waals surface area contributed by atoms with Crippen LogP contribution in [0.25, 0.3) is 0 Å². The molecule has 0 spiro atoms. The fourth-order valence-corrected chi connectivity index (χ4v) is 1.65. The first-order valence-corrected chi connectivity index (χ1v) is 5.88. The van der Waals surface area contributed by atoms with Crippen LogP contribution in [-0.4, -0.2) is 22.0 Å². The Morgan fingerprint density at radius 2 is 2.11 bits per heavy atom. The summed E-state index contributed by atoms with van der Waals surface area (Å²) in [4.78, 5) is 26.3. The van der Waals surface area contributed by atoms with Crippen molar-refractivity contribution in [3.63, 3.8) is 0 Å². The molecule has 0 saturated carbocycles. The summed E-state index contributed by atoms with van der Waals surface area (Å²) in [5.41, 5.74) is 1.70. The summed E-state index contributed by atoms with van der Waals surface area (Å²) in [6.45, 7) is 4.01. The Morgan fingerprint density at radius 3 is 2.72 bits per heavy atom. The number of carbonyl (C=O) groups is 2. The molecule has 1 amide bonds. The molecule has 0 aliphatic carbocycles. The number of nitrogens with zero attached hydrogens (tertiary/aromatic N) is 1. The van der Waals surface area contributed by atoms with Gasteiger partial charge in [-0.15, -0.1) is 0 Å². The van der Waals surface area contributed by atoms with E-state index >= 15 is 0 Å². The van der Waals surface area contributed by atoms with Gasteiger partial charge in [0.15, 0.2) is 0 Å². The molecule has 2 N–H and O–H groups in total. The van der Waals surface area contributed by atoms with E-state index in [1.807, 2.05) is 25.1 Å². The minimum Gasteiger partial charge on any atom is -0.481 e. The van der Waals surface area contributed by atoms with Crippen LogP contribution in [0.3, 0.4) is 0 Å². The molecule has 5 nitrogen and oxygen atoms in total. The number of nitrogens with one attached hydrogen (secondary N) is 1. The Labute approximate surface area is 106 Å². The number of pyridine rings is 1. The zero-order chi connectivity index (χ0) is 13.5. The highest BCUT2D eigenvalue weighted by atomic mass is 16.4. The molecule has 1 heterocycles. The molecule has 0 aliphatic rings. The molecule has 0 aliphatic heterocycles. The number of aliphatic carboxylic acids is 1. The second kappa shape index (κ2) is 6.74. The normalized spacial score (nSPS) is 11.9.